The molecule has 1 amide bonds. The largest absolute Gasteiger partial charge is 0.369 e. The van der Waals surface area contributed by atoms with E-state index >= 15 is 0 Å². The highest BCUT2D eigenvalue weighted by Gasteiger charge is 2.21. The minimum absolute atomic E-state index is 0.0510. The Bertz CT molecular complexity index is 1020. The lowest BCUT2D eigenvalue weighted by Gasteiger charge is -2.16. The van der Waals surface area contributed by atoms with E-state index in [0.29, 0.717) is 23.1 Å². The van der Waals surface area contributed by atoms with E-state index in [2.05, 4.69) is 4.98 Å². The standard InChI is InChI=1S/C21H21FN2O2/c1-12(2)16(20(23)25)11-15-8-9-19(24-21(15)26)14-7-6-13-4-3-5-18(22)17(13)10-14/h3-10,12,16H,11H2,1-2H3,(H2,23,25)(H,24,26). The average Bonchev–Trinajstić information content (AvgIpc) is 2.60. The summed E-state index contributed by atoms with van der Waals surface area (Å²) in [7, 11) is 0. The molecule has 0 saturated heterocycles. The molecule has 0 aliphatic heterocycles. The molecule has 1 atom stereocenters. The molecule has 3 aromatic rings. The molecule has 0 fully saturated rings. The molecule has 1 heterocycles. The average molecular weight is 352 g/mol. The number of aromatic amines is 1. The van der Waals surface area contributed by atoms with Crippen LogP contribution in [-0.4, -0.2) is 10.9 Å². The van der Waals surface area contributed by atoms with Crippen LogP contribution in [0.25, 0.3) is 22.0 Å². The molecule has 0 aliphatic rings. The van der Waals surface area contributed by atoms with Gasteiger partial charge >= 0.3 is 0 Å². The first-order chi connectivity index (χ1) is 12.4. The summed E-state index contributed by atoms with van der Waals surface area (Å²) in [4.78, 5) is 26.8. The van der Waals surface area contributed by atoms with Gasteiger partial charge in [0.2, 0.25) is 5.91 Å². The van der Waals surface area contributed by atoms with Crippen molar-refractivity contribution in [2.24, 2.45) is 17.6 Å². The van der Waals surface area contributed by atoms with Crippen LogP contribution in [0.1, 0.15) is 19.4 Å². The minimum atomic E-state index is -0.409. The van der Waals surface area contributed by atoms with E-state index in [4.69, 9.17) is 5.73 Å². The van der Waals surface area contributed by atoms with Crippen LogP contribution in [0.2, 0.25) is 0 Å². The van der Waals surface area contributed by atoms with E-state index in [1.54, 1.807) is 24.3 Å². The zero-order chi connectivity index (χ0) is 18.8. The van der Waals surface area contributed by atoms with Gasteiger partial charge in [-0.05, 0) is 41.5 Å². The third-order valence-electron chi connectivity index (χ3n) is 4.74. The van der Waals surface area contributed by atoms with Crippen LogP contribution < -0.4 is 11.3 Å². The number of pyridine rings is 1. The third-order valence-corrected chi connectivity index (χ3v) is 4.74. The first-order valence-electron chi connectivity index (χ1n) is 8.57. The lowest BCUT2D eigenvalue weighted by Crippen LogP contribution is -2.31. The van der Waals surface area contributed by atoms with Crippen LogP contribution in [0.5, 0.6) is 0 Å². The van der Waals surface area contributed by atoms with Crippen LogP contribution in [0.15, 0.2) is 53.3 Å². The number of amides is 1. The van der Waals surface area contributed by atoms with Gasteiger partial charge in [-0.2, -0.15) is 0 Å². The highest BCUT2D eigenvalue weighted by molar-refractivity contribution is 5.87. The number of fused-ring (bicyclic) bond motifs is 1. The molecule has 0 radical (unpaired) electrons. The van der Waals surface area contributed by atoms with Crippen LogP contribution in [-0.2, 0) is 11.2 Å². The predicted octanol–water partition coefficient (Wildman–Crippen LogP) is 3.63. The lowest BCUT2D eigenvalue weighted by atomic mass is 9.89. The molecule has 5 heteroatoms. The van der Waals surface area contributed by atoms with Gasteiger partial charge in [0.05, 0.1) is 0 Å². The second-order valence-corrected chi connectivity index (χ2v) is 6.86. The number of nitrogens with one attached hydrogen (secondary N) is 1. The molecule has 0 bridgehead atoms. The van der Waals surface area contributed by atoms with Crippen molar-refractivity contribution < 1.29 is 9.18 Å². The minimum Gasteiger partial charge on any atom is -0.369 e. The molecule has 3 N–H and O–H groups in total. The van der Waals surface area contributed by atoms with Gasteiger partial charge in [-0.3, -0.25) is 9.59 Å². The molecule has 3 rings (SSSR count). The van der Waals surface area contributed by atoms with Crippen molar-refractivity contribution in [2.75, 3.05) is 0 Å². The molecule has 4 nitrogen and oxygen atoms in total. The number of rotatable bonds is 5. The summed E-state index contributed by atoms with van der Waals surface area (Å²) >= 11 is 0. The summed E-state index contributed by atoms with van der Waals surface area (Å²) in [5.74, 6) is -1.05. The molecule has 2 aromatic carbocycles. The third kappa shape index (κ3) is 3.52. The Morgan fingerprint density at radius 3 is 2.58 bits per heavy atom. The normalized spacial score (nSPS) is 12.5. The summed E-state index contributed by atoms with van der Waals surface area (Å²) in [5.41, 5.74) is 7.01. The fourth-order valence-electron chi connectivity index (χ4n) is 3.14. The second-order valence-electron chi connectivity index (χ2n) is 6.86. The number of H-pyrrole nitrogens is 1. The number of carbonyl (C=O) groups is 1. The summed E-state index contributed by atoms with van der Waals surface area (Å²) < 4.78 is 14.0. The van der Waals surface area contributed by atoms with Crippen LogP contribution in [0.3, 0.4) is 0 Å². The lowest BCUT2D eigenvalue weighted by molar-refractivity contribution is -0.123. The Morgan fingerprint density at radius 2 is 1.92 bits per heavy atom. The van der Waals surface area contributed by atoms with Crippen molar-refractivity contribution in [3.8, 4) is 11.3 Å². The summed E-state index contributed by atoms with van der Waals surface area (Å²) in [6.45, 7) is 3.81. The molecule has 1 unspecified atom stereocenters. The first kappa shape index (κ1) is 17.9. The molecule has 0 spiro atoms. The highest BCUT2D eigenvalue weighted by atomic mass is 19.1. The molecular weight excluding hydrogens is 331 g/mol. The van der Waals surface area contributed by atoms with E-state index in [9.17, 15) is 14.0 Å². The second kappa shape index (κ2) is 7.12. The Labute approximate surface area is 150 Å². The zero-order valence-corrected chi connectivity index (χ0v) is 14.8. The van der Waals surface area contributed by atoms with Crippen molar-refractivity contribution in [3.05, 3.63) is 70.3 Å². The van der Waals surface area contributed by atoms with Crippen LogP contribution >= 0.6 is 0 Å². The molecule has 1 aromatic heterocycles. The Balaban J connectivity index is 1.96. The summed E-state index contributed by atoms with van der Waals surface area (Å²) in [6.07, 6.45) is 0.301. The number of halogens is 1. The quantitative estimate of drug-likeness (QED) is 0.736. The smallest absolute Gasteiger partial charge is 0.251 e. The van der Waals surface area contributed by atoms with Gasteiger partial charge in [0.1, 0.15) is 5.82 Å². The van der Waals surface area contributed by atoms with Gasteiger partial charge < -0.3 is 10.7 Å². The number of nitrogens with two attached hydrogens (primary N) is 1. The molecular formula is C21H21FN2O2. The van der Waals surface area contributed by atoms with Gasteiger partial charge in [-0.1, -0.05) is 44.2 Å². The van der Waals surface area contributed by atoms with E-state index in [1.165, 1.54) is 6.07 Å². The first-order valence-corrected chi connectivity index (χ1v) is 8.57. The number of hydrogen-bond acceptors (Lipinski definition) is 2. The number of aromatic nitrogens is 1. The zero-order valence-electron chi connectivity index (χ0n) is 14.8. The van der Waals surface area contributed by atoms with E-state index in [1.807, 2.05) is 32.0 Å². The number of benzene rings is 2. The number of hydrogen-bond donors (Lipinski definition) is 2. The van der Waals surface area contributed by atoms with Gasteiger partial charge in [-0.25, -0.2) is 4.39 Å². The van der Waals surface area contributed by atoms with E-state index < -0.39 is 11.8 Å². The monoisotopic (exact) mass is 352 g/mol. The van der Waals surface area contributed by atoms with Crippen molar-refractivity contribution in [2.45, 2.75) is 20.3 Å². The van der Waals surface area contributed by atoms with Crippen molar-refractivity contribution in [1.29, 1.82) is 0 Å². The molecule has 26 heavy (non-hydrogen) atoms. The fraction of sp³-hybridized carbons (Fsp3) is 0.238. The van der Waals surface area contributed by atoms with Crippen molar-refractivity contribution in [1.82, 2.24) is 4.98 Å². The number of primary amides is 1. The van der Waals surface area contributed by atoms with Gasteiger partial charge in [0.25, 0.3) is 5.56 Å². The molecule has 0 aliphatic carbocycles. The van der Waals surface area contributed by atoms with Gasteiger partial charge in [0.15, 0.2) is 0 Å². The van der Waals surface area contributed by atoms with E-state index in [-0.39, 0.29) is 17.3 Å². The van der Waals surface area contributed by atoms with Gasteiger partial charge in [0, 0.05) is 22.6 Å². The summed E-state index contributed by atoms with van der Waals surface area (Å²) in [6, 6.07) is 13.8. The SMILES string of the molecule is CC(C)C(Cc1ccc(-c2ccc3cccc(F)c3c2)[nH]c1=O)C(N)=O. The van der Waals surface area contributed by atoms with Crippen molar-refractivity contribution >= 4 is 16.7 Å². The highest BCUT2D eigenvalue weighted by Crippen LogP contribution is 2.25. The van der Waals surface area contributed by atoms with Crippen LogP contribution in [0, 0.1) is 17.7 Å². The topological polar surface area (TPSA) is 75.9 Å². The van der Waals surface area contributed by atoms with Crippen molar-refractivity contribution in [3.63, 3.8) is 0 Å². The molecule has 134 valence electrons. The van der Waals surface area contributed by atoms with E-state index in [0.717, 1.165) is 10.9 Å². The summed E-state index contributed by atoms with van der Waals surface area (Å²) in [5, 5.41) is 1.30. The predicted molar refractivity (Wildman–Crippen MR) is 101 cm³/mol. The Kier molecular flexibility index (Phi) is 4.89. The number of carbonyl (C=O) groups excluding carboxylic acids is 1. The van der Waals surface area contributed by atoms with Gasteiger partial charge in [-0.15, -0.1) is 0 Å². The maximum atomic E-state index is 14.0. The molecule has 0 saturated carbocycles. The Morgan fingerprint density at radius 1 is 1.15 bits per heavy atom. The maximum Gasteiger partial charge on any atom is 0.251 e. The maximum absolute atomic E-state index is 14.0. The van der Waals surface area contributed by atoms with Crippen LogP contribution in [0.4, 0.5) is 4.39 Å². The fourth-order valence-corrected chi connectivity index (χ4v) is 3.14. The Hall–Kier alpha value is -2.95.